The van der Waals surface area contributed by atoms with E-state index in [2.05, 4.69) is 63.0 Å². The summed E-state index contributed by atoms with van der Waals surface area (Å²) in [6.45, 7) is 14.3. The number of ether oxygens (including phenoxy) is 1. The first-order valence-corrected chi connectivity index (χ1v) is 8.75. The van der Waals surface area contributed by atoms with Crippen LogP contribution in [0.2, 0.25) is 0 Å². The molecule has 0 spiro atoms. The summed E-state index contributed by atoms with van der Waals surface area (Å²) in [5.74, 6) is 0.978. The molecule has 0 saturated carbocycles. The molecule has 1 N–H and O–H groups in total. The Bertz CT molecular complexity index is 484. The SMILES string of the molecule is CCCCN(CC)C(C)Cc1ccc2c(c1)NCC(C)(C)O2. The Morgan fingerprint density at radius 1 is 1.32 bits per heavy atom. The fourth-order valence-electron chi connectivity index (χ4n) is 3.09. The first-order valence-electron chi connectivity index (χ1n) is 8.75. The summed E-state index contributed by atoms with van der Waals surface area (Å²) in [5, 5.41) is 3.51. The van der Waals surface area contributed by atoms with Gasteiger partial charge in [-0.1, -0.05) is 26.3 Å². The maximum atomic E-state index is 6.03. The zero-order valence-electron chi connectivity index (χ0n) is 14.9. The third-order valence-electron chi connectivity index (χ3n) is 4.49. The van der Waals surface area contributed by atoms with Gasteiger partial charge in [-0.25, -0.2) is 0 Å². The van der Waals surface area contributed by atoms with Gasteiger partial charge in [0.2, 0.25) is 0 Å². The number of hydrogen-bond acceptors (Lipinski definition) is 3. The van der Waals surface area contributed by atoms with Crippen molar-refractivity contribution in [3.63, 3.8) is 0 Å². The first kappa shape index (κ1) is 17.1. The summed E-state index contributed by atoms with van der Waals surface area (Å²) in [4.78, 5) is 2.58. The van der Waals surface area contributed by atoms with E-state index in [1.165, 1.54) is 24.9 Å². The molecule has 1 unspecified atom stereocenters. The molecule has 1 atom stereocenters. The van der Waals surface area contributed by atoms with Gasteiger partial charge < -0.3 is 15.0 Å². The molecular formula is C19H32N2O. The van der Waals surface area contributed by atoms with Gasteiger partial charge in [-0.15, -0.1) is 0 Å². The summed E-state index contributed by atoms with van der Waals surface area (Å²) < 4.78 is 6.03. The van der Waals surface area contributed by atoms with E-state index in [0.717, 1.165) is 30.9 Å². The Hall–Kier alpha value is -1.22. The van der Waals surface area contributed by atoms with E-state index in [-0.39, 0.29) is 5.60 Å². The van der Waals surface area contributed by atoms with Crippen LogP contribution in [-0.2, 0) is 6.42 Å². The van der Waals surface area contributed by atoms with E-state index in [9.17, 15) is 0 Å². The standard InChI is InChI=1S/C19H32N2O/c1-6-8-11-21(7-2)15(3)12-16-9-10-18-17(13-16)20-14-19(4,5)22-18/h9-10,13,15,20H,6-8,11-12,14H2,1-5H3. The van der Waals surface area contributed by atoms with Crippen LogP contribution in [0.5, 0.6) is 5.75 Å². The number of rotatable bonds is 7. The second-order valence-electron chi connectivity index (χ2n) is 7.08. The fraction of sp³-hybridized carbons (Fsp3) is 0.684. The topological polar surface area (TPSA) is 24.5 Å². The molecule has 1 heterocycles. The summed E-state index contributed by atoms with van der Waals surface area (Å²) in [6.07, 6.45) is 3.64. The predicted molar refractivity (Wildman–Crippen MR) is 95.0 cm³/mol. The average molecular weight is 304 g/mol. The van der Waals surface area contributed by atoms with Gasteiger partial charge in [0.15, 0.2) is 0 Å². The lowest BCUT2D eigenvalue weighted by molar-refractivity contribution is 0.116. The molecule has 0 amide bonds. The molecule has 3 heteroatoms. The summed E-state index contributed by atoms with van der Waals surface area (Å²) in [5.41, 5.74) is 2.40. The van der Waals surface area contributed by atoms with Crippen molar-refractivity contribution >= 4 is 5.69 Å². The van der Waals surface area contributed by atoms with Gasteiger partial charge in [-0.05, 0) is 64.4 Å². The van der Waals surface area contributed by atoms with Crippen LogP contribution in [0, 0.1) is 0 Å². The summed E-state index contributed by atoms with van der Waals surface area (Å²) in [6, 6.07) is 7.17. The largest absolute Gasteiger partial charge is 0.484 e. The second-order valence-corrected chi connectivity index (χ2v) is 7.08. The van der Waals surface area contributed by atoms with Gasteiger partial charge in [-0.3, -0.25) is 0 Å². The monoisotopic (exact) mass is 304 g/mol. The fourth-order valence-corrected chi connectivity index (χ4v) is 3.09. The second kappa shape index (κ2) is 7.36. The van der Waals surface area contributed by atoms with Crippen LogP contribution in [0.3, 0.4) is 0 Å². The number of anilines is 1. The van der Waals surface area contributed by atoms with Crippen LogP contribution < -0.4 is 10.1 Å². The van der Waals surface area contributed by atoms with Gasteiger partial charge in [0.1, 0.15) is 11.4 Å². The van der Waals surface area contributed by atoms with Crippen LogP contribution in [0.4, 0.5) is 5.69 Å². The lowest BCUT2D eigenvalue weighted by atomic mass is 10.0. The number of nitrogens with zero attached hydrogens (tertiary/aromatic N) is 1. The quantitative estimate of drug-likeness (QED) is 0.812. The smallest absolute Gasteiger partial charge is 0.143 e. The lowest BCUT2D eigenvalue weighted by Crippen LogP contribution is -2.40. The van der Waals surface area contributed by atoms with Gasteiger partial charge in [0, 0.05) is 6.04 Å². The molecule has 1 aliphatic heterocycles. The minimum absolute atomic E-state index is 0.124. The van der Waals surface area contributed by atoms with E-state index in [0.29, 0.717) is 6.04 Å². The molecule has 0 aromatic heterocycles. The molecular weight excluding hydrogens is 272 g/mol. The molecule has 1 aromatic carbocycles. The van der Waals surface area contributed by atoms with Gasteiger partial charge in [0.05, 0.1) is 12.2 Å². The van der Waals surface area contributed by atoms with Crippen molar-refractivity contribution in [2.75, 3.05) is 25.0 Å². The van der Waals surface area contributed by atoms with Gasteiger partial charge >= 0.3 is 0 Å². The molecule has 0 radical (unpaired) electrons. The molecule has 0 saturated heterocycles. The Morgan fingerprint density at radius 3 is 2.77 bits per heavy atom. The van der Waals surface area contributed by atoms with E-state index in [1.54, 1.807) is 0 Å². The van der Waals surface area contributed by atoms with Crippen molar-refractivity contribution in [2.45, 2.75) is 65.5 Å². The van der Waals surface area contributed by atoms with Crippen LogP contribution in [-0.4, -0.2) is 36.2 Å². The average Bonchev–Trinajstić information content (AvgIpc) is 2.47. The van der Waals surface area contributed by atoms with Crippen molar-refractivity contribution in [3.05, 3.63) is 23.8 Å². The lowest BCUT2D eigenvalue weighted by Gasteiger charge is -2.34. The number of fused-ring (bicyclic) bond motifs is 1. The normalized spacial score (nSPS) is 17.5. The highest BCUT2D eigenvalue weighted by atomic mass is 16.5. The molecule has 0 fully saturated rings. The Morgan fingerprint density at radius 2 is 2.09 bits per heavy atom. The molecule has 2 rings (SSSR count). The highest BCUT2D eigenvalue weighted by Gasteiger charge is 2.26. The van der Waals surface area contributed by atoms with E-state index < -0.39 is 0 Å². The molecule has 3 nitrogen and oxygen atoms in total. The van der Waals surface area contributed by atoms with Crippen molar-refractivity contribution in [3.8, 4) is 5.75 Å². The number of benzene rings is 1. The Labute approximate surface area is 136 Å². The number of nitrogens with one attached hydrogen (secondary N) is 1. The zero-order valence-corrected chi connectivity index (χ0v) is 14.9. The highest BCUT2D eigenvalue weighted by Crippen LogP contribution is 2.33. The molecule has 0 bridgehead atoms. The van der Waals surface area contributed by atoms with Crippen LogP contribution in [0.15, 0.2) is 18.2 Å². The van der Waals surface area contributed by atoms with Crippen LogP contribution in [0.25, 0.3) is 0 Å². The van der Waals surface area contributed by atoms with Crippen molar-refractivity contribution in [1.29, 1.82) is 0 Å². The summed E-state index contributed by atoms with van der Waals surface area (Å²) in [7, 11) is 0. The number of likely N-dealkylation sites (N-methyl/N-ethyl adjacent to an activating group) is 1. The first-order chi connectivity index (χ1) is 10.4. The molecule has 1 aromatic rings. The van der Waals surface area contributed by atoms with Crippen LogP contribution >= 0.6 is 0 Å². The minimum Gasteiger partial charge on any atom is -0.484 e. The highest BCUT2D eigenvalue weighted by molar-refractivity contribution is 5.60. The minimum atomic E-state index is -0.124. The van der Waals surface area contributed by atoms with Crippen molar-refractivity contribution < 1.29 is 4.74 Å². The summed E-state index contributed by atoms with van der Waals surface area (Å²) >= 11 is 0. The number of hydrogen-bond donors (Lipinski definition) is 1. The predicted octanol–water partition coefficient (Wildman–Crippen LogP) is 4.32. The number of unbranched alkanes of at least 4 members (excludes halogenated alkanes) is 1. The Kier molecular flexibility index (Phi) is 5.74. The maximum absolute atomic E-state index is 6.03. The Balaban J connectivity index is 2.01. The van der Waals surface area contributed by atoms with E-state index in [1.807, 2.05) is 0 Å². The molecule has 1 aliphatic rings. The third-order valence-corrected chi connectivity index (χ3v) is 4.49. The molecule has 22 heavy (non-hydrogen) atoms. The van der Waals surface area contributed by atoms with Gasteiger partial charge in [0.25, 0.3) is 0 Å². The van der Waals surface area contributed by atoms with E-state index in [4.69, 9.17) is 4.74 Å². The van der Waals surface area contributed by atoms with Crippen molar-refractivity contribution in [1.82, 2.24) is 4.90 Å². The van der Waals surface area contributed by atoms with Crippen LogP contribution in [0.1, 0.15) is 53.0 Å². The van der Waals surface area contributed by atoms with E-state index >= 15 is 0 Å². The molecule has 124 valence electrons. The zero-order chi connectivity index (χ0) is 16.2. The third kappa shape index (κ3) is 4.39. The van der Waals surface area contributed by atoms with Crippen molar-refractivity contribution in [2.24, 2.45) is 0 Å². The molecule has 0 aliphatic carbocycles. The maximum Gasteiger partial charge on any atom is 0.143 e. The van der Waals surface area contributed by atoms with Gasteiger partial charge in [-0.2, -0.15) is 0 Å².